The molecular weight excluding hydrogens is 460 g/mol. The SMILES string of the molecule is COc1ccc(-c2nnc(NC(=O)[C@H]3CCCN3S(=O)(=O)c3ccc(Cl)cc3)s2)cc1. The van der Waals surface area contributed by atoms with Gasteiger partial charge in [-0.1, -0.05) is 22.9 Å². The monoisotopic (exact) mass is 478 g/mol. The number of hydrogen-bond donors (Lipinski definition) is 1. The summed E-state index contributed by atoms with van der Waals surface area (Å²) in [4.78, 5) is 13.0. The first-order valence-corrected chi connectivity index (χ1v) is 12.1. The van der Waals surface area contributed by atoms with Crippen molar-refractivity contribution >= 4 is 44.0 Å². The molecule has 0 bridgehead atoms. The molecule has 4 rings (SSSR count). The molecule has 1 aromatic heterocycles. The van der Waals surface area contributed by atoms with Gasteiger partial charge in [-0.05, 0) is 61.4 Å². The molecule has 162 valence electrons. The first-order chi connectivity index (χ1) is 14.9. The van der Waals surface area contributed by atoms with Crippen LogP contribution in [0.1, 0.15) is 12.8 Å². The largest absolute Gasteiger partial charge is 0.497 e. The quantitative estimate of drug-likeness (QED) is 0.580. The van der Waals surface area contributed by atoms with Crippen LogP contribution in [0.4, 0.5) is 5.13 Å². The molecule has 1 fully saturated rings. The number of anilines is 1. The maximum absolute atomic E-state index is 13.0. The second-order valence-corrected chi connectivity index (χ2v) is 10.2. The molecule has 1 saturated heterocycles. The van der Waals surface area contributed by atoms with Crippen molar-refractivity contribution in [1.29, 1.82) is 0 Å². The van der Waals surface area contributed by atoms with Gasteiger partial charge in [0.1, 0.15) is 16.8 Å². The minimum absolute atomic E-state index is 0.106. The number of ether oxygens (including phenoxy) is 1. The molecule has 1 atom stereocenters. The predicted octanol–water partition coefficient (Wildman–Crippen LogP) is 3.66. The summed E-state index contributed by atoms with van der Waals surface area (Å²) in [5.74, 6) is 0.303. The summed E-state index contributed by atoms with van der Waals surface area (Å²) in [5, 5.41) is 12.2. The first kappa shape index (κ1) is 21.7. The summed E-state index contributed by atoms with van der Waals surface area (Å²) in [6.07, 6.45) is 1.03. The molecular formula is C20H19ClN4O4S2. The Hall–Kier alpha value is -2.53. The molecule has 3 aromatic rings. The van der Waals surface area contributed by atoms with Crippen molar-refractivity contribution in [2.24, 2.45) is 0 Å². The van der Waals surface area contributed by atoms with Crippen LogP contribution < -0.4 is 10.1 Å². The van der Waals surface area contributed by atoms with Gasteiger partial charge in [0, 0.05) is 17.1 Å². The van der Waals surface area contributed by atoms with Crippen LogP contribution in [0, 0.1) is 0 Å². The summed E-state index contributed by atoms with van der Waals surface area (Å²) in [5.41, 5.74) is 0.839. The Labute approximate surface area is 188 Å². The average molecular weight is 479 g/mol. The third-order valence-electron chi connectivity index (χ3n) is 4.92. The van der Waals surface area contributed by atoms with Crippen molar-refractivity contribution in [3.8, 4) is 16.3 Å². The van der Waals surface area contributed by atoms with Gasteiger partial charge >= 0.3 is 0 Å². The molecule has 0 radical (unpaired) electrons. The van der Waals surface area contributed by atoms with Crippen molar-refractivity contribution < 1.29 is 17.9 Å². The zero-order valence-corrected chi connectivity index (χ0v) is 18.9. The number of rotatable bonds is 6. The summed E-state index contributed by atoms with van der Waals surface area (Å²) >= 11 is 7.08. The number of methoxy groups -OCH3 is 1. The lowest BCUT2D eigenvalue weighted by Gasteiger charge is -2.23. The van der Waals surface area contributed by atoms with Crippen LogP contribution in [0.25, 0.3) is 10.6 Å². The minimum atomic E-state index is -3.82. The Balaban J connectivity index is 1.49. The molecule has 1 aliphatic heterocycles. The second kappa shape index (κ2) is 8.91. The minimum Gasteiger partial charge on any atom is -0.497 e. The first-order valence-electron chi connectivity index (χ1n) is 9.45. The molecule has 2 aromatic carbocycles. The maximum atomic E-state index is 13.0. The van der Waals surface area contributed by atoms with E-state index in [1.165, 1.54) is 39.9 Å². The van der Waals surface area contributed by atoms with Crippen LogP contribution in [0.15, 0.2) is 53.4 Å². The van der Waals surface area contributed by atoms with E-state index in [1.807, 2.05) is 24.3 Å². The number of carbonyl (C=O) groups is 1. The van der Waals surface area contributed by atoms with E-state index < -0.39 is 22.0 Å². The number of halogens is 1. The molecule has 8 nitrogen and oxygen atoms in total. The van der Waals surface area contributed by atoms with E-state index in [2.05, 4.69) is 15.5 Å². The Bertz CT molecular complexity index is 1180. The molecule has 11 heteroatoms. The molecule has 1 amide bonds. The zero-order chi connectivity index (χ0) is 22.0. The van der Waals surface area contributed by atoms with Gasteiger partial charge in [0.2, 0.25) is 21.1 Å². The maximum Gasteiger partial charge on any atom is 0.244 e. The topological polar surface area (TPSA) is 101 Å². The normalized spacial score (nSPS) is 16.9. The van der Waals surface area contributed by atoms with E-state index in [0.717, 1.165) is 11.3 Å². The fraction of sp³-hybridized carbons (Fsp3) is 0.250. The summed E-state index contributed by atoms with van der Waals surface area (Å²) < 4.78 is 32.4. The van der Waals surface area contributed by atoms with Gasteiger partial charge in [0.15, 0.2) is 0 Å². The fourth-order valence-corrected chi connectivity index (χ4v) is 5.88. The van der Waals surface area contributed by atoms with Crippen molar-refractivity contribution in [2.45, 2.75) is 23.8 Å². The highest BCUT2D eigenvalue weighted by Crippen LogP contribution is 2.30. The van der Waals surface area contributed by atoms with E-state index >= 15 is 0 Å². The molecule has 0 unspecified atom stereocenters. The molecule has 2 heterocycles. The Morgan fingerprint density at radius 1 is 1.16 bits per heavy atom. The van der Waals surface area contributed by atoms with Gasteiger partial charge in [0.05, 0.1) is 12.0 Å². The highest BCUT2D eigenvalue weighted by molar-refractivity contribution is 7.89. The number of carbonyl (C=O) groups excluding carboxylic acids is 1. The van der Waals surface area contributed by atoms with Gasteiger partial charge in [-0.15, -0.1) is 10.2 Å². The number of nitrogens with one attached hydrogen (secondary N) is 1. The van der Waals surface area contributed by atoms with Crippen molar-refractivity contribution in [2.75, 3.05) is 19.0 Å². The molecule has 1 aliphatic rings. The number of aromatic nitrogens is 2. The van der Waals surface area contributed by atoms with Crippen LogP contribution in [0.3, 0.4) is 0 Å². The van der Waals surface area contributed by atoms with Crippen LogP contribution >= 0.6 is 22.9 Å². The van der Waals surface area contributed by atoms with E-state index in [1.54, 1.807) is 7.11 Å². The van der Waals surface area contributed by atoms with E-state index in [4.69, 9.17) is 16.3 Å². The van der Waals surface area contributed by atoms with Crippen LogP contribution in [0.5, 0.6) is 5.75 Å². The van der Waals surface area contributed by atoms with Gasteiger partial charge < -0.3 is 4.74 Å². The number of benzene rings is 2. The third kappa shape index (κ3) is 4.57. The standard InChI is InChI=1S/C20H19ClN4O4S2/c1-29-15-8-4-13(5-9-15)19-23-24-20(30-19)22-18(26)17-3-2-12-25(17)31(27,28)16-10-6-14(21)7-11-16/h4-11,17H,2-3,12H2,1H3,(H,22,24,26)/t17-/m1/s1. The van der Waals surface area contributed by atoms with Crippen molar-refractivity contribution in [3.63, 3.8) is 0 Å². The van der Waals surface area contributed by atoms with Crippen LogP contribution in [0.2, 0.25) is 5.02 Å². The predicted molar refractivity (Wildman–Crippen MR) is 119 cm³/mol. The van der Waals surface area contributed by atoms with Gasteiger partial charge in [-0.25, -0.2) is 8.42 Å². The second-order valence-electron chi connectivity index (χ2n) is 6.86. The lowest BCUT2D eigenvalue weighted by atomic mass is 10.2. The smallest absolute Gasteiger partial charge is 0.244 e. The van der Waals surface area contributed by atoms with Gasteiger partial charge in [-0.2, -0.15) is 4.31 Å². The van der Waals surface area contributed by atoms with Crippen LogP contribution in [-0.2, 0) is 14.8 Å². The lowest BCUT2D eigenvalue weighted by molar-refractivity contribution is -0.119. The number of nitrogens with zero attached hydrogens (tertiary/aromatic N) is 3. The van der Waals surface area contributed by atoms with Gasteiger partial charge in [-0.3, -0.25) is 10.1 Å². The summed E-state index contributed by atoms with van der Waals surface area (Å²) in [6.45, 7) is 0.274. The molecule has 0 saturated carbocycles. The molecule has 31 heavy (non-hydrogen) atoms. The number of sulfonamides is 1. The molecule has 0 aliphatic carbocycles. The lowest BCUT2D eigenvalue weighted by Crippen LogP contribution is -2.43. The highest BCUT2D eigenvalue weighted by atomic mass is 35.5. The average Bonchev–Trinajstić information content (AvgIpc) is 3.44. The third-order valence-corrected chi connectivity index (χ3v) is 7.98. The van der Waals surface area contributed by atoms with E-state index in [-0.39, 0.29) is 11.4 Å². The van der Waals surface area contributed by atoms with Gasteiger partial charge in [0.25, 0.3) is 0 Å². The van der Waals surface area contributed by atoms with E-state index in [0.29, 0.717) is 28.0 Å². The summed E-state index contributed by atoms with van der Waals surface area (Å²) in [7, 11) is -2.23. The fourth-order valence-electron chi connectivity index (χ4n) is 3.34. The number of amides is 1. The van der Waals surface area contributed by atoms with Crippen molar-refractivity contribution in [3.05, 3.63) is 53.6 Å². The Morgan fingerprint density at radius 3 is 2.55 bits per heavy atom. The molecule has 1 N–H and O–H groups in total. The zero-order valence-electron chi connectivity index (χ0n) is 16.5. The highest BCUT2D eigenvalue weighted by Gasteiger charge is 2.39. The Morgan fingerprint density at radius 2 is 1.87 bits per heavy atom. The van der Waals surface area contributed by atoms with E-state index in [9.17, 15) is 13.2 Å². The number of hydrogen-bond acceptors (Lipinski definition) is 7. The Kier molecular flexibility index (Phi) is 6.24. The molecule has 0 spiro atoms. The van der Waals surface area contributed by atoms with Crippen molar-refractivity contribution in [1.82, 2.24) is 14.5 Å². The summed E-state index contributed by atoms with van der Waals surface area (Å²) in [6, 6.07) is 12.4. The van der Waals surface area contributed by atoms with Crippen LogP contribution in [-0.4, -0.2) is 48.5 Å².